The molecule has 1 atom stereocenters. The molecule has 3 heterocycles. The number of hydrogen-bond acceptors (Lipinski definition) is 3. The van der Waals surface area contributed by atoms with Crippen LogP contribution in [0.2, 0.25) is 0 Å². The van der Waals surface area contributed by atoms with E-state index in [0.29, 0.717) is 25.9 Å². The molecular formula is C18H20N4O2. The normalized spacial score (nSPS) is 20.4. The maximum absolute atomic E-state index is 12.6. The van der Waals surface area contributed by atoms with Crippen LogP contribution in [0.5, 0.6) is 0 Å². The first-order valence-corrected chi connectivity index (χ1v) is 8.42. The maximum Gasteiger partial charge on any atom is 0.245 e. The fourth-order valence-corrected chi connectivity index (χ4v) is 3.56. The first kappa shape index (κ1) is 14.9. The number of nitrogens with zero attached hydrogens (tertiary/aromatic N) is 2. The Kier molecular flexibility index (Phi) is 3.80. The number of nitrogens with one attached hydrogen (secondary N) is 2. The van der Waals surface area contributed by atoms with Crippen LogP contribution in [0.4, 0.5) is 0 Å². The molecule has 4 rings (SSSR count). The Bertz CT molecular complexity index is 769. The quantitative estimate of drug-likeness (QED) is 0.873. The molecule has 2 aromatic rings. The highest BCUT2D eigenvalue weighted by Crippen LogP contribution is 2.26. The zero-order valence-corrected chi connectivity index (χ0v) is 13.4. The minimum atomic E-state index is -0.347. The molecule has 1 fully saturated rings. The molecule has 1 aromatic heterocycles. The molecule has 0 spiro atoms. The van der Waals surface area contributed by atoms with E-state index in [0.717, 1.165) is 29.8 Å². The summed E-state index contributed by atoms with van der Waals surface area (Å²) in [5, 5.41) is 10.4. The van der Waals surface area contributed by atoms with Crippen molar-refractivity contribution in [1.82, 2.24) is 20.4 Å². The van der Waals surface area contributed by atoms with Gasteiger partial charge in [-0.3, -0.25) is 14.7 Å². The van der Waals surface area contributed by atoms with Crippen LogP contribution in [0.15, 0.2) is 30.3 Å². The van der Waals surface area contributed by atoms with Gasteiger partial charge in [-0.15, -0.1) is 0 Å². The topological polar surface area (TPSA) is 78.1 Å². The summed E-state index contributed by atoms with van der Waals surface area (Å²) in [4.78, 5) is 25.8. The summed E-state index contributed by atoms with van der Waals surface area (Å²) < 4.78 is 0. The lowest BCUT2D eigenvalue weighted by molar-refractivity contribution is -0.134. The Balaban J connectivity index is 1.52. The summed E-state index contributed by atoms with van der Waals surface area (Å²) in [7, 11) is 0. The second-order valence-electron chi connectivity index (χ2n) is 6.38. The van der Waals surface area contributed by atoms with Crippen LogP contribution in [0.25, 0.3) is 11.3 Å². The third-order valence-corrected chi connectivity index (χ3v) is 4.87. The zero-order valence-electron chi connectivity index (χ0n) is 13.4. The molecule has 0 aliphatic carbocycles. The van der Waals surface area contributed by atoms with Gasteiger partial charge in [0.2, 0.25) is 11.8 Å². The van der Waals surface area contributed by atoms with Crippen LogP contribution in [-0.2, 0) is 22.4 Å². The van der Waals surface area contributed by atoms with Crippen LogP contribution < -0.4 is 5.32 Å². The molecule has 6 heteroatoms. The SMILES string of the molecule is O=C1CCC(C(=O)N2CCc3[nH]nc(-c4ccccc4)c3CC2)N1. The average Bonchev–Trinajstić information content (AvgIpc) is 3.16. The van der Waals surface area contributed by atoms with Crippen molar-refractivity contribution < 1.29 is 9.59 Å². The molecule has 2 aliphatic heterocycles. The van der Waals surface area contributed by atoms with E-state index in [9.17, 15) is 9.59 Å². The molecule has 24 heavy (non-hydrogen) atoms. The van der Waals surface area contributed by atoms with Crippen molar-refractivity contribution in [2.45, 2.75) is 31.7 Å². The Hall–Kier alpha value is -2.63. The van der Waals surface area contributed by atoms with Crippen LogP contribution >= 0.6 is 0 Å². The highest BCUT2D eigenvalue weighted by Gasteiger charge is 2.32. The lowest BCUT2D eigenvalue weighted by atomic mass is 10.0. The summed E-state index contributed by atoms with van der Waals surface area (Å²) in [6.45, 7) is 1.33. The molecule has 1 aromatic carbocycles. The van der Waals surface area contributed by atoms with Gasteiger partial charge >= 0.3 is 0 Å². The summed E-state index contributed by atoms with van der Waals surface area (Å²) in [5.74, 6) is 0.0178. The number of carbonyl (C=O) groups excluding carboxylic acids is 2. The van der Waals surface area contributed by atoms with Gasteiger partial charge < -0.3 is 10.2 Å². The van der Waals surface area contributed by atoms with Crippen LogP contribution in [0.3, 0.4) is 0 Å². The summed E-state index contributed by atoms with van der Waals surface area (Å²) >= 11 is 0. The molecule has 0 bridgehead atoms. The zero-order chi connectivity index (χ0) is 16.5. The van der Waals surface area contributed by atoms with Gasteiger partial charge in [-0.25, -0.2) is 0 Å². The minimum absolute atomic E-state index is 0.0241. The van der Waals surface area contributed by atoms with Gasteiger partial charge in [-0.05, 0) is 12.8 Å². The third kappa shape index (κ3) is 2.68. The fraction of sp³-hybridized carbons (Fsp3) is 0.389. The standard InChI is InChI=1S/C18H20N4O2/c23-16-7-6-15(19-16)18(24)22-10-8-13-14(9-11-22)20-21-17(13)12-4-2-1-3-5-12/h1-5,15H,6-11H2,(H,19,23)(H,20,21). The van der Waals surface area contributed by atoms with Crippen molar-refractivity contribution in [2.75, 3.05) is 13.1 Å². The average molecular weight is 324 g/mol. The Morgan fingerprint density at radius 3 is 2.67 bits per heavy atom. The van der Waals surface area contributed by atoms with Gasteiger partial charge in [0.1, 0.15) is 6.04 Å². The number of rotatable bonds is 2. The van der Waals surface area contributed by atoms with Gasteiger partial charge in [0.25, 0.3) is 0 Å². The van der Waals surface area contributed by atoms with Crippen molar-refractivity contribution in [3.8, 4) is 11.3 Å². The number of H-pyrrole nitrogens is 1. The van der Waals surface area contributed by atoms with E-state index < -0.39 is 0 Å². The molecule has 1 unspecified atom stereocenters. The molecule has 2 N–H and O–H groups in total. The molecule has 0 radical (unpaired) electrons. The largest absolute Gasteiger partial charge is 0.344 e. The predicted molar refractivity (Wildman–Crippen MR) is 89.2 cm³/mol. The molecule has 2 amide bonds. The first-order valence-electron chi connectivity index (χ1n) is 8.42. The van der Waals surface area contributed by atoms with Crippen LogP contribution in [-0.4, -0.2) is 46.0 Å². The van der Waals surface area contributed by atoms with E-state index in [-0.39, 0.29) is 17.9 Å². The Labute approximate surface area is 140 Å². The summed E-state index contributed by atoms with van der Waals surface area (Å²) in [6, 6.07) is 9.76. The number of carbonyl (C=O) groups is 2. The maximum atomic E-state index is 12.6. The molecule has 124 valence electrons. The number of fused-ring (bicyclic) bond motifs is 1. The number of benzene rings is 1. The van der Waals surface area contributed by atoms with Crippen molar-refractivity contribution in [1.29, 1.82) is 0 Å². The predicted octanol–water partition coefficient (Wildman–Crippen LogP) is 1.28. The summed E-state index contributed by atoms with van der Waals surface area (Å²) in [6.07, 6.45) is 2.60. The van der Waals surface area contributed by atoms with E-state index >= 15 is 0 Å². The number of amides is 2. The third-order valence-electron chi connectivity index (χ3n) is 4.87. The van der Waals surface area contributed by atoms with Crippen LogP contribution in [0.1, 0.15) is 24.1 Å². The van der Waals surface area contributed by atoms with E-state index in [1.165, 1.54) is 5.56 Å². The van der Waals surface area contributed by atoms with E-state index in [1.54, 1.807) is 0 Å². The number of aromatic nitrogens is 2. The van der Waals surface area contributed by atoms with E-state index in [1.807, 2.05) is 23.1 Å². The van der Waals surface area contributed by atoms with Gasteiger partial charge in [0, 0.05) is 42.8 Å². The Morgan fingerprint density at radius 1 is 1.12 bits per heavy atom. The monoisotopic (exact) mass is 324 g/mol. The highest BCUT2D eigenvalue weighted by atomic mass is 16.2. The van der Waals surface area contributed by atoms with Gasteiger partial charge in [0.15, 0.2) is 0 Å². The molecule has 1 saturated heterocycles. The van der Waals surface area contributed by atoms with Gasteiger partial charge in [0.05, 0.1) is 5.69 Å². The summed E-state index contributed by atoms with van der Waals surface area (Å²) in [5.41, 5.74) is 4.39. The number of aromatic amines is 1. The Morgan fingerprint density at radius 2 is 1.92 bits per heavy atom. The lowest BCUT2D eigenvalue weighted by Gasteiger charge is -2.23. The highest BCUT2D eigenvalue weighted by molar-refractivity contribution is 5.90. The number of hydrogen-bond donors (Lipinski definition) is 2. The molecular weight excluding hydrogens is 304 g/mol. The molecule has 0 saturated carbocycles. The van der Waals surface area contributed by atoms with Crippen molar-refractivity contribution >= 4 is 11.8 Å². The fourth-order valence-electron chi connectivity index (χ4n) is 3.56. The van der Waals surface area contributed by atoms with E-state index in [2.05, 4.69) is 27.6 Å². The molecule has 2 aliphatic rings. The van der Waals surface area contributed by atoms with Crippen LogP contribution in [0, 0.1) is 0 Å². The first-order chi connectivity index (χ1) is 11.7. The van der Waals surface area contributed by atoms with Crippen molar-refractivity contribution in [2.24, 2.45) is 0 Å². The van der Waals surface area contributed by atoms with Crippen molar-refractivity contribution in [3.05, 3.63) is 41.6 Å². The van der Waals surface area contributed by atoms with Gasteiger partial charge in [-0.1, -0.05) is 30.3 Å². The minimum Gasteiger partial charge on any atom is -0.344 e. The van der Waals surface area contributed by atoms with Gasteiger partial charge in [-0.2, -0.15) is 5.10 Å². The van der Waals surface area contributed by atoms with Crippen molar-refractivity contribution in [3.63, 3.8) is 0 Å². The lowest BCUT2D eigenvalue weighted by Crippen LogP contribution is -2.45. The smallest absolute Gasteiger partial charge is 0.245 e. The second kappa shape index (κ2) is 6.11. The second-order valence-corrected chi connectivity index (χ2v) is 6.38. The van der Waals surface area contributed by atoms with E-state index in [4.69, 9.17) is 0 Å². The molecule has 6 nitrogen and oxygen atoms in total.